The number of nitrogens with one attached hydrogen (secondary N) is 1. The molecule has 0 spiro atoms. The van der Waals surface area contributed by atoms with Gasteiger partial charge in [-0.3, -0.25) is 0 Å². The molecule has 1 heterocycles. The molecular formula is C14H18N4O. The standard InChI is InChI=1S/C14H18N4O/c1-10-13(17-9-18-14(10)19-2)16-8-7-11-3-5-12(15)6-4-11/h3-6,9H,7-8,15H2,1-2H3,(H,16,17,18). The molecule has 0 amide bonds. The van der Waals surface area contributed by atoms with Gasteiger partial charge in [-0.2, -0.15) is 0 Å². The third-order valence-corrected chi connectivity index (χ3v) is 2.92. The molecule has 1 aromatic carbocycles. The van der Waals surface area contributed by atoms with Crippen LogP contribution in [-0.4, -0.2) is 23.6 Å². The lowest BCUT2D eigenvalue weighted by Gasteiger charge is -2.10. The SMILES string of the molecule is COc1ncnc(NCCc2ccc(N)cc2)c1C. The Morgan fingerprint density at radius 2 is 1.95 bits per heavy atom. The van der Waals surface area contributed by atoms with Crippen LogP contribution in [0.15, 0.2) is 30.6 Å². The van der Waals surface area contributed by atoms with Crippen molar-refractivity contribution in [3.05, 3.63) is 41.7 Å². The molecular weight excluding hydrogens is 240 g/mol. The Kier molecular flexibility index (Phi) is 4.18. The first-order chi connectivity index (χ1) is 9.20. The molecule has 0 aliphatic rings. The number of benzene rings is 1. The molecule has 1 aromatic heterocycles. The minimum atomic E-state index is 0.602. The maximum atomic E-state index is 5.65. The Balaban J connectivity index is 1.94. The van der Waals surface area contributed by atoms with Crippen LogP contribution in [-0.2, 0) is 6.42 Å². The quantitative estimate of drug-likeness (QED) is 0.803. The highest BCUT2D eigenvalue weighted by atomic mass is 16.5. The van der Waals surface area contributed by atoms with E-state index in [-0.39, 0.29) is 0 Å². The summed E-state index contributed by atoms with van der Waals surface area (Å²) in [6, 6.07) is 7.89. The molecule has 0 bridgehead atoms. The summed E-state index contributed by atoms with van der Waals surface area (Å²) in [5.74, 6) is 1.41. The van der Waals surface area contributed by atoms with Crippen LogP contribution >= 0.6 is 0 Å². The van der Waals surface area contributed by atoms with Crippen LogP contribution in [0.4, 0.5) is 11.5 Å². The maximum Gasteiger partial charge on any atom is 0.221 e. The summed E-state index contributed by atoms with van der Waals surface area (Å²) >= 11 is 0. The van der Waals surface area contributed by atoms with Gasteiger partial charge in [-0.1, -0.05) is 12.1 Å². The number of nitrogens with two attached hydrogens (primary N) is 1. The van der Waals surface area contributed by atoms with Crippen LogP contribution in [0.2, 0.25) is 0 Å². The topological polar surface area (TPSA) is 73.1 Å². The number of nitrogens with zero attached hydrogens (tertiary/aromatic N) is 2. The van der Waals surface area contributed by atoms with E-state index in [9.17, 15) is 0 Å². The van der Waals surface area contributed by atoms with E-state index in [4.69, 9.17) is 10.5 Å². The number of hydrogen-bond donors (Lipinski definition) is 2. The Hall–Kier alpha value is -2.30. The lowest BCUT2D eigenvalue weighted by molar-refractivity contribution is 0.393. The van der Waals surface area contributed by atoms with E-state index < -0.39 is 0 Å². The van der Waals surface area contributed by atoms with Gasteiger partial charge < -0.3 is 15.8 Å². The van der Waals surface area contributed by atoms with E-state index in [1.807, 2.05) is 31.2 Å². The smallest absolute Gasteiger partial charge is 0.221 e. The zero-order valence-corrected chi connectivity index (χ0v) is 11.2. The number of hydrogen-bond acceptors (Lipinski definition) is 5. The highest BCUT2D eigenvalue weighted by molar-refractivity contribution is 5.47. The third-order valence-electron chi connectivity index (χ3n) is 2.92. The predicted octanol–water partition coefficient (Wildman–Crippen LogP) is 2.03. The molecule has 0 atom stereocenters. The molecule has 5 heteroatoms. The second kappa shape index (κ2) is 6.04. The van der Waals surface area contributed by atoms with Crippen LogP contribution < -0.4 is 15.8 Å². The second-order valence-electron chi connectivity index (χ2n) is 4.27. The van der Waals surface area contributed by atoms with E-state index in [0.717, 1.165) is 30.0 Å². The van der Waals surface area contributed by atoms with Crippen LogP contribution in [0, 0.1) is 6.92 Å². The lowest BCUT2D eigenvalue weighted by atomic mass is 10.1. The van der Waals surface area contributed by atoms with E-state index in [0.29, 0.717) is 5.88 Å². The molecule has 0 aliphatic heterocycles. The molecule has 19 heavy (non-hydrogen) atoms. The average Bonchev–Trinajstić information content (AvgIpc) is 2.43. The van der Waals surface area contributed by atoms with Gasteiger partial charge in [0, 0.05) is 12.2 Å². The lowest BCUT2D eigenvalue weighted by Crippen LogP contribution is -2.08. The highest BCUT2D eigenvalue weighted by Gasteiger charge is 2.06. The summed E-state index contributed by atoms with van der Waals surface area (Å²) in [5.41, 5.74) is 8.59. The zero-order chi connectivity index (χ0) is 13.7. The van der Waals surface area contributed by atoms with Gasteiger partial charge in [0.05, 0.1) is 12.7 Å². The van der Waals surface area contributed by atoms with Gasteiger partial charge in [-0.15, -0.1) is 0 Å². The molecule has 0 fully saturated rings. The minimum Gasteiger partial charge on any atom is -0.481 e. The molecule has 0 saturated heterocycles. The fourth-order valence-corrected chi connectivity index (χ4v) is 1.83. The van der Waals surface area contributed by atoms with Crippen molar-refractivity contribution in [2.24, 2.45) is 0 Å². The number of aromatic nitrogens is 2. The normalized spacial score (nSPS) is 10.2. The van der Waals surface area contributed by atoms with Gasteiger partial charge >= 0.3 is 0 Å². The highest BCUT2D eigenvalue weighted by Crippen LogP contribution is 2.19. The van der Waals surface area contributed by atoms with Crippen molar-refractivity contribution in [1.29, 1.82) is 0 Å². The van der Waals surface area contributed by atoms with Crippen LogP contribution in [0.25, 0.3) is 0 Å². The van der Waals surface area contributed by atoms with E-state index >= 15 is 0 Å². The zero-order valence-electron chi connectivity index (χ0n) is 11.2. The van der Waals surface area contributed by atoms with Gasteiger partial charge in [-0.05, 0) is 31.0 Å². The van der Waals surface area contributed by atoms with Crippen molar-refractivity contribution >= 4 is 11.5 Å². The number of methoxy groups -OCH3 is 1. The van der Waals surface area contributed by atoms with Gasteiger partial charge in [0.25, 0.3) is 0 Å². The van der Waals surface area contributed by atoms with E-state index in [1.165, 1.54) is 11.9 Å². The van der Waals surface area contributed by atoms with Gasteiger partial charge in [0.15, 0.2) is 0 Å². The molecule has 0 saturated carbocycles. The summed E-state index contributed by atoms with van der Waals surface area (Å²) in [4.78, 5) is 8.26. The minimum absolute atomic E-state index is 0.602. The summed E-state index contributed by atoms with van der Waals surface area (Å²) in [5, 5.41) is 3.29. The predicted molar refractivity (Wildman–Crippen MR) is 76.4 cm³/mol. The van der Waals surface area contributed by atoms with Gasteiger partial charge in [0.1, 0.15) is 12.1 Å². The van der Waals surface area contributed by atoms with Crippen LogP contribution in [0.1, 0.15) is 11.1 Å². The molecule has 2 aromatic rings. The average molecular weight is 258 g/mol. The van der Waals surface area contributed by atoms with Crippen LogP contribution in [0.5, 0.6) is 5.88 Å². The monoisotopic (exact) mass is 258 g/mol. The Labute approximate surface area is 112 Å². The Morgan fingerprint density at radius 3 is 2.63 bits per heavy atom. The molecule has 100 valence electrons. The second-order valence-corrected chi connectivity index (χ2v) is 4.27. The molecule has 5 nitrogen and oxygen atoms in total. The first-order valence-corrected chi connectivity index (χ1v) is 6.14. The maximum absolute atomic E-state index is 5.65. The first-order valence-electron chi connectivity index (χ1n) is 6.14. The van der Waals surface area contributed by atoms with Gasteiger partial charge in [-0.25, -0.2) is 9.97 Å². The summed E-state index contributed by atoms with van der Waals surface area (Å²) in [6.45, 7) is 2.73. The molecule has 0 radical (unpaired) electrons. The third kappa shape index (κ3) is 3.34. The number of ether oxygens (including phenoxy) is 1. The molecule has 3 N–H and O–H groups in total. The number of nitrogen functional groups attached to an aromatic ring is 1. The van der Waals surface area contributed by atoms with E-state index in [1.54, 1.807) is 7.11 Å². The van der Waals surface area contributed by atoms with E-state index in [2.05, 4.69) is 15.3 Å². The Morgan fingerprint density at radius 1 is 1.21 bits per heavy atom. The van der Waals surface area contributed by atoms with Crippen molar-refractivity contribution in [2.45, 2.75) is 13.3 Å². The van der Waals surface area contributed by atoms with Crippen molar-refractivity contribution in [1.82, 2.24) is 9.97 Å². The van der Waals surface area contributed by atoms with Crippen molar-refractivity contribution < 1.29 is 4.74 Å². The van der Waals surface area contributed by atoms with Crippen molar-refractivity contribution in [2.75, 3.05) is 24.7 Å². The molecule has 2 rings (SSSR count). The van der Waals surface area contributed by atoms with Gasteiger partial charge in [0.2, 0.25) is 5.88 Å². The first kappa shape index (κ1) is 13.1. The fourth-order valence-electron chi connectivity index (χ4n) is 1.83. The largest absolute Gasteiger partial charge is 0.481 e. The summed E-state index contributed by atoms with van der Waals surface area (Å²) in [7, 11) is 1.60. The van der Waals surface area contributed by atoms with Crippen molar-refractivity contribution in [3.8, 4) is 5.88 Å². The van der Waals surface area contributed by atoms with Crippen LogP contribution in [0.3, 0.4) is 0 Å². The molecule has 0 unspecified atom stereocenters. The number of rotatable bonds is 5. The molecule has 0 aliphatic carbocycles. The summed E-state index contributed by atoms with van der Waals surface area (Å²) in [6.07, 6.45) is 2.41. The number of anilines is 2. The Bertz CT molecular complexity index is 540. The van der Waals surface area contributed by atoms with Crippen molar-refractivity contribution in [3.63, 3.8) is 0 Å². The fraction of sp³-hybridized carbons (Fsp3) is 0.286. The summed E-state index contributed by atoms with van der Waals surface area (Å²) < 4.78 is 5.16.